The normalized spacial score (nSPS) is 27.2. The summed E-state index contributed by atoms with van der Waals surface area (Å²) >= 11 is 3.49. The van der Waals surface area contributed by atoms with Crippen molar-refractivity contribution >= 4 is 33.2 Å². The maximum Gasteiger partial charge on any atom is 0.247 e. The monoisotopic (exact) mass is 294 g/mol. The molecule has 0 radical (unpaired) electrons. The highest BCUT2D eigenvalue weighted by Crippen LogP contribution is 2.38. The molecule has 1 saturated heterocycles. The van der Waals surface area contributed by atoms with Gasteiger partial charge in [-0.25, -0.2) is 0 Å². The van der Waals surface area contributed by atoms with Crippen molar-refractivity contribution in [2.75, 3.05) is 16.8 Å². The van der Waals surface area contributed by atoms with Gasteiger partial charge < -0.3 is 10.2 Å². The van der Waals surface area contributed by atoms with Gasteiger partial charge >= 0.3 is 0 Å². The molecule has 1 fully saturated rings. The quantitative estimate of drug-likeness (QED) is 0.798. The van der Waals surface area contributed by atoms with E-state index >= 15 is 0 Å². The Labute approximate surface area is 109 Å². The van der Waals surface area contributed by atoms with Gasteiger partial charge in [0.2, 0.25) is 5.91 Å². The van der Waals surface area contributed by atoms with Crippen LogP contribution in [-0.2, 0) is 4.79 Å². The molecule has 3 nitrogen and oxygen atoms in total. The molecule has 90 valence electrons. The lowest BCUT2D eigenvalue weighted by Gasteiger charge is -2.43. The molecule has 2 heterocycles. The lowest BCUT2D eigenvalue weighted by atomic mass is 9.90. The second-order valence-electron chi connectivity index (χ2n) is 4.99. The van der Waals surface area contributed by atoms with Crippen LogP contribution in [0.1, 0.15) is 19.8 Å². The molecule has 17 heavy (non-hydrogen) atoms. The molecule has 2 atom stereocenters. The first-order valence-corrected chi connectivity index (χ1v) is 6.81. The molecule has 1 aromatic carbocycles. The zero-order chi connectivity index (χ0) is 12.0. The van der Waals surface area contributed by atoms with Gasteiger partial charge in [-0.1, -0.05) is 22.9 Å². The van der Waals surface area contributed by atoms with Crippen LogP contribution in [0.2, 0.25) is 0 Å². The van der Waals surface area contributed by atoms with Crippen LogP contribution in [0.5, 0.6) is 0 Å². The van der Waals surface area contributed by atoms with Gasteiger partial charge in [0.15, 0.2) is 0 Å². The number of hydrogen-bond acceptors (Lipinski definition) is 2. The van der Waals surface area contributed by atoms with E-state index < -0.39 is 0 Å². The van der Waals surface area contributed by atoms with Crippen molar-refractivity contribution in [2.24, 2.45) is 5.92 Å². The average Bonchev–Trinajstić information content (AvgIpc) is 2.30. The number of carbonyl (C=O) groups excluding carboxylic acids is 1. The predicted octanol–water partition coefficient (Wildman–Crippen LogP) is 3.01. The van der Waals surface area contributed by atoms with E-state index in [1.165, 1.54) is 0 Å². The molecule has 0 saturated carbocycles. The highest BCUT2D eigenvalue weighted by molar-refractivity contribution is 9.10. The number of rotatable bonds is 0. The number of benzene rings is 1. The Morgan fingerprint density at radius 3 is 3.12 bits per heavy atom. The number of halogens is 1. The van der Waals surface area contributed by atoms with E-state index in [0.29, 0.717) is 5.92 Å². The SMILES string of the molecule is CC1CCN2c3cc(Br)ccc3NC(=O)C2C1. The number of nitrogens with zero attached hydrogens (tertiary/aromatic N) is 1. The van der Waals surface area contributed by atoms with Gasteiger partial charge in [0.25, 0.3) is 0 Å². The first kappa shape index (κ1) is 11.1. The summed E-state index contributed by atoms with van der Waals surface area (Å²) < 4.78 is 1.06. The third-order valence-corrected chi connectivity index (χ3v) is 4.19. The zero-order valence-electron chi connectivity index (χ0n) is 9.74. The van der Waals surface area contributed by atoms with Crippen LogP contribution in [-0.4, -0.2) is 18.5 Å². The summed E-state index contributed by atoms with van der Waals surface area (Å²) in [4.78, 5) is 14.3. The van der Waals surface area contributed by atoms with E-state index in [1.54, 1.807) is 0 Å². The van der Waals surface area contributed by atoms with Gasteiger partial charge in [-0.2, -0.15) is 0 Å². The molecule has 0 aliphatic carbocycles. The molecule has 0 aromatic heterocycles. The summed E-state index contributed by atoms with van der Waals surface area (Å²) in [7, 11) is 0. The molecular weight excluding hydrogens is 280 g/mol. The van der Waals surface area contributed by atoms with Crippen LogP contribution in [0.25, 0.3) is 0 Å². The molecular formula is C13H15BrN2O. The van der Waals surface area contributed by atoms with Crippen molar-refractivity contribution in [3.05, 3.63) is 22.7 Å². The third-order valence-electron chi connectivity index (χ3n) is 3.69. The topological polar surface area (TPSA) is 32.3 Å². The molecule has 4 heteroatoms. The fourth-order valence-corrected chi connectivity index (χ4v) is 3.09. The van der Waals surface area contributed by atoms with E-state index in [1.807, 2.05) is 12.1 Å². The highest BCUT2D eigenvalue weighted by Gasteiger charge is 2.36. The van der Waals surface area contributed by atoms with Gasteiger partial charge in [-0.3, -0.25) is 4.79 Å². The second kappa shape index (κ2) is 4.02. The summed E-state index contributed by atoms with van der Waals surface area (Å²) in [5.41, 5.74) is 2.08. The van der Waals surface area contributed by atoms with Crippen LogP contribution < -0.4 is 10.2 Å². The fraction of sp³-hybridized carbons (Fsp3) is 0.462. The van der Waals surface area contributed by atoms with Gasteiger partial charge in [-0.05, 0) is 37.0 Å². The Kier molecular flexibility index (Phi) is 2.62. The van der Waals surface area contributed by atoms with E-state index in [2.05, 4.69) is 39.1 Å². The van der Waals surface area contributed by atoms with Gasteiger partial charge in [0.05, 0.1) is 11.4 Å². The zero-order valence-corrected chi connectivity index (χ0v) is 11.3. The standard InChI is InChI=1S/C13H15BrN2O/c1-8-4-5-16-11-7-9(14)2-3-10(11)15-13(17)12(16)6-8/h2-3,7-8,12H,4-6H2,1H3,(H,15,17). The van der Waals surface area contributed by atoms with Gasteiger partial charge in [-0.15, -0.1) is 0 Å². The molecule has 2 aliphatic heterocycles. The van der Waals surface area contributed by atoms with Crippen molar-refractivity contribution in [2.45, 2.75) is 25.8 Å². The summed E-state index contributed by atoms with van der Waals surface area (Å²) in [6.07, 6.45) is 2.12. The summed E-state index contributed by atoms with van der Waals surface area (Å²) in [5.74, 6) is 0.780. The van der Waals surface area contributed by atoms with Crippen LogP contribution in [0, 0.1) is 5.92 Å². The number of hydrogen-bond donors (Lipinski definition) is 1. The van der Waals surface area contributed by atoms with Crippen molar-refractivity contribution in [3.8, 4) is 0 Å². The smallest absolute Gasteiger partial charge is 0.247 e. The molecule has 2 unspecified atom stereocenters. The van der Waals surface area contributed by atoms with E-state index in [-0.39, 0.29) is 11.9 Å². The Morgan fingerprint density at radius 2 is 2.29 bits per heavy atom. The van der Waals surface area contributed by atoms with Crippen LogP contribution >= 0.6 is 15.9 Å². The van der Waals surface area contributed by atoms with Crippen LogP contribution in [0.3, 0.4) is 0 Å². The number of nitrogens with one attached hydrogen (secondary N) is 1. The number of carbonyl (C=O) groups is 1. The Balaban J connectivity index is 2.03. The number of piperidine rings is 1. The summed E-state index contributed by atoms with van der Waals surface area (Å²) in [5, 5.41) is 3.01. The largest absolute Gasteiger partial charge is 0.358 e. The lowest BCUT2D eigenvalue weighted by Crippen LogP contribution is -2.52. The number of anilines is 2. The molecule has 0 spiro atoms. The lowest BCUT2D eigenvalue weighted by molar-refractivity contribution is -0.118. The first-order valence-electron chi connectivity index (χ1n) is 6.02. The Morgan fingerprint density at radius 1 is 1.47 bits per heavy atom. The Bertz CT molecular complexity index is 474. The number of fused-ring (bicyclic) bond motifs is 3. The van der Waals surface area contributed by atoms with Crippen molar-refractivity contribution in [1.29, 1.82) is 0 Å². The Hall–Kier alpha value is -1.03. The van der Waals surface area contributed by atoms with Gasteiger partial charge in [0.1, 0.15) is 6.04 Å². The minimum Gasteiger partial charge on any atom is -0.358 e. The minimum absolute atomic E-state index is 0.0144. The second-order valence-corrected chi connectivity index (χ2v) is 5.91. The van der Waals surface area contributed by atoms with E-state index in [0.717, 1.165) is 35.2 Å². The summed E-state index contributed by atoms with van der Waals surface area (Å²) in [6.45, 7) is 3.20. The molecule has 1 N–H and O–H groups in total. The predicted molar refractivity (Wildman–Crippen MR) is 72.3 cm³/mol. The maximum absolute atomic E-state index is 12.1. The van der Waals surface area contributed by atoms with Crippen molar-refractivity contribution in [3.63, 3.8) is 0 Å². The maximum atomic E-state index is 12.1. The number of amides is 1. The van der Waals surface area contributed by atoms with E-state index in [9.17, 15) is 4.79 Å². The molecule has 1 aromatic rings. The van der Waals surface area contributed by atoms with Crippen LogP contribution in [0.4, 0.5) is 11.4 Å². The minimum atomic E-state index is 0.0144. The fourth-order valence-electron chi connectivity index (χ4n) is 2.74. The first-order chi connectivity index (χ1) is 8.15. The molecule has 2 aliphatic rings. The van der Waals surface area contributed by atoms with Gasteiger partial charge in [0, 0.05) is 11.0 Å². The average molecular weight is 295 g/mol. The van der Waals surface area contributed by atoms with E-state index in [4.69, 9.17) is 0 Å². The van der Waals surface area contributed by atoms with Crippen LogP contribution in [0.15, 0.2) is 22.7 Å². The van der Waals surface area contributed by atoms with Crippen molar-refractivity contribution < 1.29 is 4.79 Å². The van der Waals surface area contributed by atoms with Crippen molar-refractivity contribution in [1.82, 2.24) is 0 Å². The molecule has 3 rings (SSSR count). The summed E-state index contributed by atoms with van der Waals surface area (Å²) in [6, 6.07) is 6.04. The molecule has 1 amide bonds. The highest BCUT2D eigenvalue weighted by atomic mass is 79.9. The molecule has 0 bridgehead atoms. The third kappa shape index (κ3) is 1.84.